The van der Waals surface area contributed by atoms with Crippen molar-refractivity contribution in [3.8, 4) is 11.5 Å². The molecule has 0 aromatic heterocycles. The van der Waals surface area contributed by atoms with Crippen molar-refractivity contribution >= 4 is 35.1 Å². The molecule has 256 valence electrons. The first-order chi connectivity index (χ1) is 23.5. The fraction of sp³-hybridized carbons (Fsp3) is 0.282. The number of carboxylic acid groups (broad SMARTS) is 2. The minimum absolute atomic E-state index is 0.106. The lowest BCUT2D eigenvalue weighted by Gasteiger charge is -2.14. The van der Waals surface area contributed by atoms with Crippen LogP contribution in [0, 0.1) is 0 Å². The zero-order chi connectivity index (χ0) is 35.5. The summed E-state index contributed by atoms with van der Waals surface area (Å²) in [5.41, 5.74) is 3.47. The van der Waals surface area contributed by atoms with Crippen LogP contribution in [-0.4, -0.2) is 47.2 Å². The molecular formula is C39H42N2O8. The summed E-state index contributed by atoms with van der Waals surface area (Å²) in [4.78, 5) is 49.4. The second-order valence-corrected chi connectivity index (χ2v) is 12.0. The van der Waals surface area contributed by atoms with Crippen LogP contribution in [0.5, 0.6) is 11.5 Å². The zero-order valence-corrected chi connectivity index (χ0v) is 28.1. The van der Waals surface area contributed by atoms with Crippen molar-refractivity contribution in [2.45, 2.75) is 58.8 Å². The van der Waals surface area contributed by atoms with Crippen LogP contribution in [0.1, 0.15) is 95.3 Å². The lowest BCUT2D eigenvalue weighted by Crippen LogP contribution is -2.22. The van der Waals surface area contributed by atoms with E-state index in [1.807, 2.05) is 24.3 Å². The lowest BCUT2D eigenvalue weighted by atomic mass is 9.99. The van der Waals surface area contributed by atoms with Crippen molar-refractivity contribution in [2.24, 2.45) is 0 Å². The molecule has 4 N–H and O–H groups in total. The van der Waals surface area contributed by atoms with Gasteiger partial charge in [0.1, 0.15) is 11.5 Å². The molecule has 0 aliphatic carbocycles. The van der Waals surface area contributed by atoms with Crippen molar-refractivity contribution in [2.75, 3.05) is 23.8 Å². The topological polar surface area (TPSA) is 151 Å². The van der Waals surface area contributed by atoms with Gasteiger partial charge in [0, 0.05) is 0 Å². The first-order valence-electron chi connectivity index (χ1n) is 16.2. The molecule has 0 saturated carbocycles. The Morgan fingerprint density at radius 2 is 0.959 bits per heavy atom. The molecule has 0 fully saturated rings. The highest BCUT2D eigenvalue weighted by Crippen LogP contribution is 2.25. The molecule has 4 aromatic rings. The number of carbonyl (C=O) groups is 4. The van der Waals surface area contributed by atoms with Gasteiger partial charge in [-0.3, -0.25) is 9.59 Å². The Labute approximate surface area is 286 Å². The molecule has 0 bridgehead atoms. The predicted molar refractivity (Wildman–Crippen MR) is 188 cm³/mol. The molecule has 0 heterocycles. The average Bonchev–Trinajstić information content (AvgIpc) is 3.10. The molecule has 0 aliphatic rings. The van der Waals surface area contributed by atoms with Gasteiger partial charge in [-0.05, 0) is 102 Å². The summed E-state index contributed by atoms with van der Waals surface area (Å²) in [6, 6.07) is 24.1. The highest BCUT2D eigenvalue weighted by atomic mass is 16.5. The van der Waals surface area contributed by atoms with Gasteiger partial charge in [-0.25, -0.2) is 9.59 Å². The number of anilines is 2. The average molecular weight is 667 g/mol. The zero-order valence-electron chi connectivity index (χ0n) is 28.1. The van der Waals surface area contributed by atoms with Gasteiger partial charge in [-0.1, -0.05) is 64.1 Å². The van der Waals surface area contributed by atoms with E-state index in [1.54, 1.807) is 36.4 Å². The maximum absolute atomic E-state index is 12.6. The molecule has 10 nitrogen and oxygen atoms in total. The fourth-order valence-corrected chi connectivity index (χ4v) is 5.14. The number of hydrogen-bond donors (Lipinski definition) is 4. The number of carboxylic acids is 2. The van der Waals surface area contributed by atoms with Crippen molar-refractivity contribution < 1.29 is 38.9 Å². The van der Waals surface area contributed by atoms with Crippen LogP contribution in [0.2, 0.25) is 0 Å². The fourth-order valence-electron chi connectivity index (χ4n) is 5.14. The van der Waals surface area contributed by atoms with Gasteiger partial charge in [0.15, 0.2) is 13.2 Å². The highest BCUT2D eigenvalue weighted by Gasteiger charge is 2.17. The smallest absolute Gasteiger partial charge is 0.337 e. The van der Waals surface area contributed by atoms with Crippen molar-refractivity contribution in [1.82, 2.24) is 0 Å². The van der Waals surface area contributed by atoms with Crippen LogP contribution < -0.4 is 20.1 Å². The number of aromatic carboxylic acids is 2. The molecule has 4 aromatic carbocycles. The SMILES string of the molecule is CCC(C)c1ccc(OCC(=O)Nc2ccc(Cc3ccc(NC(=O)COc4ccc(C(C)CC)cc4)c(C(=O)O)c3)cc2C(=O)O)cc1. The molecule has 0 spiro atoms. The van der Waals surface area contributed by atoms with Gasteiger partial charge < -0.3 is 30.3 Å². The Kier molecular flexibility index (Phi) is 12.5. The highest BCUT2D eigenvalue weighted by molar-refractivity contribution is 6.02. The number of ether oxygens (including phenoxy) is 2. The third-order valence-electron chi connectivity index (χ3n) is 8.45. The van der Waals surface area contributed by atoms with Gasteiger partial charge >= 0.3 is 11.9 Å². The van der Waals surface area contributed by atoms with E-state index >= 15 is 0 Å². The Bertz CT molecular complexity index is 1650. The molecule has 4 rings (SSSR count). The van der Waals surface area contributed by atoms with Gasteiger partial charge in [0.25, 0.3) is 11.8 Å². The Morgan fingerprint density at radius 1 is 0.592 bits per heavy atom. The summed E-state index contributed by atoms with van der Waals surface area (Å²) in [5, 5.41) is 24.9. The number of benzene rings is 4. The molecule has 0 radical (unpaired) electrons. The van der Waals surface area contributed by atoms with Crippen LogP contribution in [-0.2, 0) is 16.0 Å². The van der Waals surface area contributed by atoms with Gasteiger partial charge in [-0.15, -0.1) is 0 Å². The Morgan fingerprint density at radius 3 is 1.29 bits per heavy atom. The van der Waals surface area contributed by atoms with E-state index in [2.05, 4.69) is 38.3 Å². The maximum Gasteiger partial charge on any atom is 0.337 e. The van der Waals surface area contributed by atoms with E-state index in [4.69, 9.17) is 9.47 Å². The lowest BCUT2D eigenvalue weighted by molar-refractivity contribution is -0.118. The third-order valence-corrected chi connectivity index (χ3v) is 8.45. The van der Waals surface area contributed by atoms with E-state index < -0.39 is 23.8 Å². The van der Waals surface area contributed by atoms with E-state index in [9.17, 15) is 29.4 Å². The van der Waals surface area contributed by atoms with E-state index in [1.165, 1.54) is 35.4 Å². The second-order valence-electron chi connectivity index (χ2n) is 12.0. The quantitative estimate of drug-likeness (QED) is 0.0948. The van der Waals surface area contributed by atoms with Crippen LogP contribution in [0.15, 0.2) is 84.9 Å². The Hall–Kier alpha value is -5.64. The summed E-state index contributed by atoms with van der Waals surface area (Å²) < 4.78 is 11.2. The second kappa shape index (κ2) is 17.0. The van der Waals surface area contributed by atoms with Crippen LogP contribution >= 0.6 is 0 Å². The number of hydrogen-bond acceptors (Lipinski definition) is 6. The van der Waals surface area contributed by atoms with E-state index in [0.717, 1.165) is 12.8 Å². The normalized spacial score (nSPS) is 12.0. The molecule has 2 amide bonds. The molecule has 0 saturated heterocycles. The minimum atomic E-state index is -1.24. The van der Waals surface area contributed by atoms with Crippen LogP contribution in [0.3, 0.4) is 0 Å². The molecule has 2 unspecified atom stereocenters. The monoisotopic (exact) mass is 666 g/mol. The minimum Gasteiger partial charge on any atom is -0.484 e. The van der Waals surface area contributed by atoms with Gasteiger partial charge in [0.05, 0.1) is 22.5 Å². The van der Waals surface area contributed by atoms with Crippen molar-refractivity contribution in [3.63, 3.8) is 0 Å². The first-order valence-corrected chi connectivity index (χ1v) is 16.2. The van der Waals surface area contributed by atoms with E-state index in [-0.39, 0.29) is 42.1 Å². The Balaban J connectivity index is 1.37. The number of carbonyl (C=O) groups excluding carboxylic acids is 2. The van der Waals surface area contributed by atoms with Gasteiger partial charge in [0.2, 0.25) is 0 Å². The predicted octanol–water partition coefficient (Wildman–Crippen LogP) is 7.74. The largest absolute Gasteiger partial charge is 0.484 e. The summed E-state index contributed by atoms with van der Waals surface area (Å²) in [7, 11) is 0. The maximum atomic E-state index is 12.6. The first kappa shape index (κ1) is 36.2. The third kappa shape index (κ3) is 10.2. The number of amides is 2. The summed E-state index contributed by atoms with van der Waals surface area (Å²) in [6.45, 7) is 7.88. The molecule has 10 heteroatoms. The summed E-state index contributed by atoms with van der Waals surface area (Å²) >= 11 is 0. The number of nitrogens with one attached hydrogen (secondary N) is 2. The summed E-state index contributed by atoms with van der Waals surface area (Å²) in [6.07, 6.45) is 2.22. The molecule has 2 atom stereocenters. The van der Waals surface area contributed by atoms with Crippen molar-refractivity contribution in [3.05, 3.63) is 118 Å². The van der Waals surface area contributed by atoms with Crippen LogP contribution in [0.4, 0.5) is 11.4 Å². The molecular weight excluding hydrogens is 624 g/mol. The number of rotatable bonds is 16. The van der Waals surface area contributed by atoms with Crippen LogP contribution in [0.25, 0.3) is 0 Å². The van der Waals surface area contributed by atoms with Gasteiger partial charge in [-0.2, -0.15) is 0 Å². The van der Waals surface area contributed by atoms with Crippen molar-refractivity contribution in [1.29, 1.82) is 0 Å². The van der Waals surface area contributed by atoms with E-state index in [0.29, 0.717) is 34.5 Å². The standard InChI is InChI=1S/C39H42N2O8/c1-5-24(3)28-9-13-30(14-10-28)48-22-36(42)40-34-17-7-26(20-32(34)38(44)45)19-27-8-18-35(33(21-27)39(46)47)41-37(43)23-49-31-15-11-29(12-16-31)25(4)6-2/h7-18,20-21,24-25H,5-6,19,22-23H2,1-4H3,(H,40,42)(H,41,43)(H,44,45)(H,46,47). The molecule has 0 aliphatic heterocycles. The molecule has 49 heavy (non-hydrogen) atoms. The summed E-state index contributed by atoms with van der Waals surface area (Å²) in [5.74, 6) is -1.64.